The SMILES string of the molecule is O=C1NCCN1CCC1CCCN1. The van der Waals surface area contributed by atoms with E-state index in [1.165, 1.54) is 12.8 Å². The van der Waals surface area contributed by atoms with Gasteiger partial charge >= 0.3 is 6.03 Å². The summed E-state index contributed by atoms with van der Waals surface area (Å²) in [5, 5.41) is 6.25. The van der Waals surface area contributed by atoms with E-state index < -0.39 is 0 Å². The van der Waals surface area contributed by atoms with E-state index in [4.69, 9.17) is 0 Å². The molecule has 0 aromatic carbocycles. The van der Waals surface area contributed by atoms with Gasteiger partial charge in [-0.05, 0) is 25.8 Å². The third-order valence-electron chi connectivity index (χ3n) is 2.86. The monoisotopic (exact) mass is 183 g/mol. The Morgan fingerprint density at radius 3 is 3.00 bits per heavy atom. The molecule has 0 aromatic heterocycles. The van der Waals surface area contributed by atoms with E-state index in [0.717, 1.165) is 32.6 Å². The molecule has 0 spiro atoms. The van der Waals surface area contributed by atoms with E-state index in [0.29, 0.717) is 6.04 Å². The highest BCUT2D eigenvalue weighted by Gasteiger charge is 2.21. The predicted molar refractivity (Wildman–Crippen MR) is 50.6 cm³/mol. The maximum absolute atomic E-state index is 11.2. The number of carbonyl (C=O) groups excluding carboxylic acids is 1. The molecule has 1 unspecified atom stereocenters. The van der Waals surface area contributed by atoms with E-state index in [-0.39, 0.29) is 6.03 Å². The van der Waals surface area contributed by atoms with E-state index in [1.54, 1.807) is 0 Å². The van der Waals surface area contributed by atoms with Crippen LogP contribution in [0.3, 0.4) is 0 Å². The molecule has 74 valence electrons. The zero-order chi connectivity index (χ0) is 9.10. The summed E-state index contributed by atoms with van der Waals surface area (Å²) in [5.74, 6) is 0. The third-order valence-corrected chi connectivity index (χ3v) is 2.86. The van der Waals surface area contributed by atoms with Crippen molar-refractivity contribution in [1.82, 2.24) is 15.5 Å². The zero-order valence-corrected chi connectivity index (χ0v) is 7.88. The number of rotatable bonds is 3. The number of nitrogens with one attached hydrogen (secondary N) is 2. The van der Waals surface area contributed by atoms with E-state index in [9.17, 15) is 4.79 Å². The first-order valence-electron chi connectivity index (χ1n) is 5.12. The standard InChI is InChI=1S/C9H17N3O/c13-9-11-5-7-12(9)6-3-8-2-1-4-10-8/h8,10H,1-7H2,(H,11,13). The summed E-state index contributed by atoms with van der Waals surface area (Å²) < 4.78 is 0. The van der Waals surface area contributed by atoms with Crippen molar-refractivity contribution in [2.24, 2.45) is 0 Å². The highest BCUT2D eigenvalue weighted by molar-refractivity contribution is 5.76. The van der Waals surface area contributed by atoms with Gasteiger partial charge in [-0.25, -0.2) is 4.79 Å². The van der Waals surface area contributed by atoms with Crippen molar-refractivity contribution < 1.29 is 4.79 Å². The molecule has 2 fully saturated rings. The largest absolute Gasteiger partial charge is 0.336 e. The summed E-state index contributed by atoms with van der Waals surface area (Å²) in [6, 6.07) is 0.756. The van der Waals surface area contributed by atoms with Crippen LogP contribution in [0, 0.1) is 0 Å². The Balaban J connectivity index is 1.69. The first kappa shape index (κ1) is 8.81. The minimum atomic E-state index is 0.109. The summed E-state index contributed by atoms with van der Waals surface area (Å²) in [4.78, 5) is 13.1. The van der Waals surface area contributed by atoms with Gasteiger partial charge in [0.15, 0.2) is 0 Å². The molecule has 4 heteroatoms. The summed E-state index contributed by atoms with van der Waals surface area (Å²) in [7, 11) is 0. The lowest BCUT2D eigenvalue weighted by atomic mass is 10.1. The number of carbonyl (C=O) groups is 1. The van der Waals surface area contributed by atoms with E-state index >= 15 is 0 Å². The zero-order valence-electron chi connectivity index (χ0n) is 7.88. The molecular weight excluding hydrogens is 166 g/mol. The van der Waals surface area contributed by atoms with Crippen molar-refractivity contribution in [2.45, 2.75) is 25.3 Å². The smallest absolute Gasteiger partial charge is 0.317 e. The minimum Gasteiger partial charge on any atom is -0.336 e. The second-order valence-electron chi connectivity index (χ2n) is 3.80. The predicted octanol–water partition coefficient (Wildman–Crippen LogP) is 0.154. The van der Waals surface area contributed by atoms with Gasteiger partial charge in [0.25, 0.3) is 0 Å². The van der Waals surface area contributed by atoms with Crippen LogP contribution in [0.2, 0.25) is 0 Å². The molecule has 2 amide bonds. The molecule has 2 aliphatic heterocycles. The van der Waals surface area contributed by atoms with Gasteiger partial charge in [0.1, 0.15) is 0 Å². The van der Waals surface area contributed by atoms with Crippen LogP contribution in [0.15, 0.2) is 0 Å². The molecule has 2 rings (SSSR count). The van der Waals surface area contributed by atoms with E-state index in [1.807, 2.05) is 4.90 Å². The van der Waals surface area contributed by atoms with Gasteiger partial charge in [0.05, 0.1) is 0 Å². The van der Waals surface area contributed by atoms with Gasteiger partial charge in [-0.2, -0.15) is 0 Å². The fraction of sp³-hybridized carbons (Fsp3) is 0.889. The second kappa shape index (κ2) is 3.96. The minimum absolute atomic E-state index is 0.109. The van der Waals surface area contributed by atoms with Gasteiger partial charge in [-0.1, -0.05) is 0 Å². The van der Waals surface area contributed by atoms with Crippen molar-refractivity contribution in [1.29, 1.82) is 0 Å². The number of hydrogen-bond acceptors (Lipinski definition) is 2. The van der Waals surface area contributed by atoms with Crippen LogP contribution in [0.5, 0.6) is 0 Å². The molecule has 0 radical (unpaired) electrons. The molecule has 0 aromatic rings. The normalized spacial score (nSPS) is 28.2. The van der Waals surface area contributed by atoms with E-state index in [2.05, 4.69) is 10.6 Å². The van der Waals surface area contributed by atoms with Crippen LogP contribution < -0.4 is 10.6 Å². The average Bonchev–Trinajstić information content (AvgIpc) is 2.72. The molecule has 2 N–H and O–H groups in total. The molecule has 0 aliphatic carbocycles. The summed E-state index contributed by atoms with van der Waals surface area (Å²) in [5.41, 5.74) is 0. The molecule has 13 heavy (non-hydrogen) atoms. The van der Waals surface area contributed by atoms with Crippen molar-refractivity contribution in [3.05, 3.63) is 0 Å². The molecule has 2 aliphatic rings. The fourth-order valence-electron chi connectivity index (χ4n) is 2.04. The summed E-state index contributed by atoms with van der Waals surface area (Å²) in [6.45, 7) is 3.75. The van der Waals surface area contributed by atoms with Gasteiger partial charge in [-0.15, -0.1) is 0 Å². The Labute approximate surface area is 78.7 Å². The topological polar surface area (TPSA) is 44.4 Å². The Kier molecular flexibility index (Phi) is 2.68. The van der Waals surface area contributed by atoms with Crippen molar-refractivity contribution in [3.8, 4) is 0 Å². The third kappa shape index (κ3) is 2.12. The molecule has 0 saturated carbocycles. The van der Waals surface area contributed by atoms with Crippen LogP contribution in [-0.2, 0) is 0 Å². The maximum atomic E-state index is 11.2. The van der Waals surface area contributed by atoms with Crippen LogP contribution in [-0.4, -0.2) is 43.2 Å². The highest BCUT2D eigenvalue weighted by atomic mass is 16.2. The van der Waals surface area contributed by atoms with Crippen LogP contribution in [0.1, 0.15) is 19.3 Å². The highest BCUT2D eigenvalue weighted by Crippen LogP contribution is 2.10. The molecule has 0 bridgehead atoms. The molecular formula is C9H17N3O. The van der Waals surface area contributed by atoms with Crippen LogP contribution >= 0.6 is 0 Å². The van der Waals surface area contributed by atoms with Crippen LogP contribution in [0.25, 0.3) is 0 Å². The lowest BCUT2D eigenvalue weighted by Gasteiger charge is -2.16. The Morgan fingerprint density at radius 2 is 2.38 bits per heavy atom. The second-order valence-corrected chi connectivity index (χ2v) is 3.80. The molecule has 2 heterocycles. The quantitative estimate of drug-likeness (QED) is 0.654. The van der Waals surface area contributed by atoms with Gasteiger partial charge in [0, 0.05) is 25.7 Å². The van der Waals surface area contributed by atoms with Gasteiger partial charge in [0.2, 0.25) is 0 Å². The number of urea groups is 1. The van der Waals surface area contributed by atoms with Crippen molar-refractivity contribution in [3.63, 3.8) is 0 Å². The number of nitrogens with zero attached hydrogens (tertiary/aromatic N) is 1. The first-order chi connectivity index (χ1) is 6.36. The molecule has 2 saturated heterocycles. The Morgan fingerprint density at radius 1 is 1.46 bits per heavy atom. The number of hydrogen-bond donors (Lipinski definition) is 2. The number of amides is 2. The van der Waals surface area contributed by atoms with Gasteiger partial charge in [-0.3, -0.25) is 0 Å². The average molecular weight is 183 g/mol. The lowest BCUT2D eigenvalue weighted by Crippen LogP contribution is -2.33. The molecule has 1 atom stereocenters. The Hall–Kier alpha value is -0.770. The van der Waals surface area contributed by atoms with Crippen molar-refractivity contribution >= 4 is 6.03 Å². The fourth-order valence-corrected chi connectivity index (χ4v) is 2.04. The summed E-state index contributed by atoms with van der Waals surface area (Å²) in [6.07, 6.45) is 3.67. The Bertz CT molecular complexity index is 189. The summed E-state index contributed by atoms with van der Waals surface area (Å²) >= 11 is 0. The maximum Gasteiger partial charge on any atom is 0.317 e. The van der Waals surface area contributed by atoms with Gasteiger partial charge < -0.3 is 15.5 Å². The first-order valence-corrected chi connectivity index (χ1v) is 5.12. The van der Waals surface area contributed by atoms with Crippen LogP contribution in [0.4, 0.5) is 4.79 Å². The van der Waals surface area contributed by atoms with Crippen molar-refractivity contribution in [2.75, 3.05) is 26.2 Å². The lowest BCUT2D eigenvalue weighted by molar-refractivity contribution is 0.215. The molecule has 4 nitrogen and oxygen atoms in total.